The van der Waals surface area contributed by atoms with Gasteiger partial charge < -0.3 is 15.1 Å². The predicted molar refractivity (Wildman–Crippen MR) is 147 cm³/mol. The standard InChI is InChI=1S/C31H35F3N4O/c1-29(2,34)16-38-10-9-23-22-5-3-4-6-25(22)36-26(23)27(38)19-7-8-24-20(11-19)12-21(35-24)13-37-17-30(18-37)14-31(39,15-30)28(32)33/h3-8,11-12,27-28,35-36,39H,9-10,13-18H2,1-2H3. The molecule has 1 atom stereocenters. The average Bonchev–Trinajstić information content (AvgIpc) is 3.40. The number of hydrogen-bond acceptors (Lipinski definition) is 3. The van der Waals surface area contributed by atoms with Crippen molar-refractivity contribution in [3.05, 3.63) is 71.0 Å². The first-order valence-electron chi connectivity index (χ1n) is 13.9. The summed E-state index contributed by atoms with van der Waals surface area (Å²) in [6.45, 7) is 6.62. The Kier molecular flexibility index (Phi) is 5.55. The van der Waals surface area contributed by atoms with Gasteiger partial charge in [0.1, 0.15) is 11.3 Å². The number of alkyl halides is 3. The highest BCUT2D eigenvalue weighted by Gasteiger charge is 2.62. The number of rotatable bonds is 6. The lowest BCUT2D eigenvalue weighted by Crippen LogP contribution is -2.69. The third kappa shape index (κ3) is 4.28. The molecule has 8 heteroatoms. The van der Waals surface area contributed by atoms with Crippen LogP contribution in [-0.2, 0) is 13.0 Å². The van der Waals surface area contributed by atoms with Crippen LogP contribution in [0.2, 0.25) is 0 Å². The van der Waals surface area contributed by atoms with E-state index < -0.39 is 17.7 Å². The lowest BCUT2D eigenvalue weighted by molar-refractivity contribution is -0.241. The molecule has 2 aromatic heterocycles. The molecule has 3 N–H and O–H groups in total. The molecular formula is C31H35F3N4O. The first-order chi connectivity index (χ1) is 18.5. The van der Waals surface area contributed by atoms with Crippen LogP contribution < -0.4 is 0 Å². The molecule has 1 unspecified atom stereocenters. The molecule has 4 aromatic rings. The van der Waals surface area contributed by atoms with Gasteiger partial charge >= 0.3 is 0 Å². The third-order valence-corrected chi connectivity index (χ3v) is 9.01. The fraction of sp³-hybridized carbons (Fsp3) is 0.484. The Balaban J connectivity index is 1.15. The highest BCUT2D eigenvalue weighted by molar-refractivity contribution is 5.86. The van der Waals surface area contributed by atoms with Crippen LogP contribution in [-0.4, -0.2) is 68.7 Å². The summed E-state index contributed by atoms with van der Waals surface area (Å²) in [4.78, 5) is 11.7. The van der Waals surface area contributed by atoms with Crippen LogP contribution in [0.3, 0.4) is 0 Å². The van der Waals surface area contributed by atoms with Gasteiger partial charge in [0.2, 0.25) is 0 Å². The Labute approximate surface area is 226 Å². The number of likely N-dealkylation sites (tertiary alicyclic amines) is 1. The Bertz CT molecular complexity index is 1540. The number of halogens is 3. The molecule has 0 bridgehead atoms. The monoisotopic (exact) mass is 536 g/mol. The minimum Gasteiger partial charge on any atom is -0.384 e. The van der Waals surface area contributed by atoms with Gasteiger partial charge in [-0.05, 0) is 68.5 Å². The molecule has 1 spiro atoms. The van der Waals surface area contributed by atoms with Crippen molar-refractivity contribution in [2.24, 2.45) is 5.41 Å². The molecule has 39 heavy (non-hydrogen) atoms. The molecule has 1 aliphatic carbocycles. The summed E-state index contributed by atoms with van der Waals surface area (Å²) in [5.41, 5.74) is 3.58. The number of hydrogen-bond donors (Lipinski definition) is 3. The number of aromatic amines is 2. The Morgan fingerprint density at radius 2 is 1.82 bits per heavy atom. The highest BCUT2D eigenvalue weighted by atomic mass is 19.3. The smallest absolute Gasteiger partial charge is 0.266 e. The summed E-state index contributed by atoms with van der Waals surface area (Å²) in [7, 11) is 0. The fourth-order valence-electron chi connectivity index (χ4n) is 7.67. The van der Waals surface area contributed by atoms with Crippen molar-refractivity contribution >= 4 is 21.8 Å². The van der Waals surface area contributed by atoms with Gasteiger partial charge in [-0.15, -0.1) is 0 Å². The summed E-state index contributed by atoms with van der Waals surface area (Å²) in [5, 5.41) is 12.3. The van der Waals surface area contributed by atoms with Crippen LogP contribution in [0.15, 0.2) is 48.5 Å². The molecule has 1 saturated carbocycles. The molecule has 2 aromatic carbocycles. The molecule has 5 nitrogen and oxygen atoms in total. The van der Waals surface area contributed by atoms with Gasteiger partial charge in [-0.3, -0.25) is 9.80 Å². The third-order valence-electron chi connectivity index (χ3n) is 9.01. The summed E-state index contributed by atoms with van der Waals surface area (Å²) < 4.78 is 41.0. The number of H-pyrrole nitrogens is 2. The van der Waals surface area contributed by atoms with Gasteiger partial charge in [-0.25, -0.2) is 13.2 Å². The van der Waals surface area contributed by atoms with Crippen LogP contribution in [0.5, 0.6) is 0 Å². The minimum atomic E-state index is -2.67. The van der Waals surface area contributed by atoms with E-state index in [1.165, 1.54) is 10.9 Å². The first-order valence-corrected chi connectivity index (χ1v) is 13.9. The van der Waals surface area contributed by atoms with E-state index in [9.17, 15) is 18.3 Å². The van der Waals surface area contributed by atoms with E-state index in [2.05, 4.69) is 62.2 Å². The van der Waals surface area contributed by atoms with Gasteiger partial charge in [0.25, 0.3) is 6.43 Å². The minimum absolute atomic E-state index is 0.0682. The van der Waals surface area contributed by atoms with Crippen molar-refractivity contribution in [2.75, 3.05) is 26.2 Å². The molecule has 206 valence electrons. The van der Waals surface area contributed by atoms with Crippen molar-refractivity contribution in [1.29, 1.82) is 0 Å². The maximum absolute atomic E-state index is 14.9. The Morgan fingerprint density at radius 1 is 1.05 bits per heavy atom. The van der Waals surface area contributed by atoms with E-state index in [0.717, 1.165) is 66.0 Å². The molecule has 1 saturated heterocycles. The fourth-order valence-corrected chi connectivity index (χ4v) is 7.67. The summed E-state index contributed by atoms with van der Waals surface area (Å²) in [6, 6.07) is 16.9. The highest BCUT2D eigenvalue weighted by Crippen LogP contribution is 2.56. The molecule has 4 heterocycles. The molecule has 0 amide bonds. The number of aromatic nitrogens is 2. The molecule has 0 radical (unpaired) electrons. The van der Waals surface area contributed by atoms with Crippen molar-refractivity contribution in [2.45, 2.75) is 63.4 Å². The Hall–Kier alpha value is -2.81. The van der Waals surface area contributed by atoms with Gasteiger partial charge in [-0.2, -0.15) is 0 Å². The quantitative estimate of drug-likeness (QED) is 0.286. The number of nitrogens with one attached hydrogen (secondary N) is 2. The average molecular weight is 537 g/mol. The van der Waals surface area contributed by atoms with Crippen molar-refractivity contribution in [1.82, 2.24) is 19.8 Å². The van der Waals surface area contributed by atoms with Crippen molar-refractivity contribution in [3.63, 3.8) is 0 Å². The largest absolute Gasteiger partial charge is 0.384 e. The molecule has 2 aliphatic heterocycles. The topological polar surface area (TPSA) is 58.3 Å². The second-order valence-corrected chi connectivity index (χ2v) is 12.9. The van der Waals surface area contributed by atoms with Crippen molar-refractivity contribution in [3.8, 4) is 0 Å². The van der Waals surface area contributed by atoms with Gasteiger partial charge in [0, 0.05) is 71.3 Å². The molecule has 2 fully saturated rings. The zero-order chi connectivity index (χ0) is 27.2. The molecule has 3 aliphatic rings. The van der Waals surface area contributed by atoms with E-state index in [1.807, 2.05) is 6.07 Å². The van der Waals surface area contributed by atoms with Crippen LogP contribution >= 0.6 is 0 Å². The van der Waals surface area contributed by atoms with Gasteiger partial charge in [0.05, 0.1) is 6.04 Å². The van der Waals surface area contributed by atoms with E-state index in [4.69, 9.17) is 0 Å². The zero-order valence-electron chi connectivity index (χ0n) is 22.4. The predicted octanol–water partition coefficient (Wildman–Crippen LogP) is 5.94. The van der Waals surface area contributed by atoms with Gasteiger partial charge in [0.15, 0.2) is 0 Å². The number of nitrogens with zero attached hydrogens (tertiary/aromatic N) is 2. The maximum atomic E-state index is 14.9. The number of fused-ring (bicyclic) bond motifs is 4. The molecule has 7 rings (SSSR count). The van der Waals surface area contributed by atoms with E-state index >= 15 is 0 Å². The first kappa shape index (κ1) is 25.2. The summed E-state index contributed by atoms with van der Waals surface area (Å²) in [6.07, 6.45) is -1.41. The SMILES string of the molecule is CC(C)(F)CN1CCc2c([nH]c3ccccc23)C1c1ccc2[nH]c(CN3CC4(C3)CC(O)(C(F)F)C4)cc2c1. The lowest BCUT2D eigenvalue weighted by atomic mass is 9.55. The normalized spacial score (nSPS) is 22.9. The van der Waals surface area contributed by atoms with Crippen LogP contribution in [0.4, 0.5) is 13.2 Å². The molecular weight excluding hydrogens is 501 g/mol. The maximum Gasteiger partial charge on any atom is 0.266 e. The van der Waals surface area contributed by atoms with Crippen LogP contribution in [0, 0.1) is 5.41 Å². The zero-order valence-corrected chi connectivity index (χ0v) is 22.4. The Morgan fingerprint density at radius 3 is 2.56 bits per heavy atom. The summed E-state index contributed by atoms with van der Waals surface area (Å²) in [5.74, 6) is 0. The van der Waals surface area contributed by atoms with E-state index in [0.29, 0.717) is 6.54 Å². The lowest BCUT2D eigenvalue weighted by Gasteiger charge is -2.62. The van der Waals surface area contributed by atoms with Crippen LogP contribution in [0.1, 0.15) is 55.2 Å². The van der Waals surface area contributed by atoms with E-state index in [-0.39, 0.29) is 24.3 Å². The van der Waals surface area contributed by atoms with E-state index in [1.54, 1.807) is 13.8 Å². The van der Waals surface area contributed by atoms with Crippen molar-refractivity contribution < 1.29 is 18.3 Å². The second-order valence-electron chi connectivity index (χ2n) is 12.9. The van der Waals surface area contributed by atoms with Gasteiger partial charge in [-0.1, -0.05) is 24.3 Å². The number of aliphatic hydroxyl groups is 1. The second kappa shape index (κ2) is 8.59. The van der Waals surface area contributed by atoms with Crippen LogP contribution in [0.25, 0.3) is 21.8 Å². The number of para-hydroxylation sites is 1. The number of benzene rings is 2. The summed E-state index contributed by atoms with van der Waals surface area (Å²) >= 11 is 0.